The summed E-state index contributed by atoms with van der Waals surface area (Å²) < 4.78 is 13.9. The van der Waals surface area contributed by atoms with E-state index in [1.54, 1.807) is 6.07 Å². The smallest absolute Gasteiger partial charge is 0.272 e. The van der Waals surface area contributed by atoms with Gasteiger partial charge >= 0.3 is 0 Å². The van der Waals surface area contributed by atoms with E-state index >= 15 is 0 Å². The highest BCUT2D eigenvalue weighted by molar-refractivity contribution is 5.93. The first-order valence-electron chi connectivity index (χ1n) is 9.58. The summed E-state index contributed by atoms with van der Waals surface area (Å²) in [5.74, 6) is 0.754. The van der Waals surface area contributed by atoms with E-state index in [0.717, 1.165) is 38.3 Å². The summed E-state index contributed by atoms with van der Waals surface area (Å²) in [4.78, 5) is 23.8. The molecule has 1 aromatic heterocycles. The van der Waals surface area contributed by atoms with Gasteiger partial charge in [-0.2, -0.15) is 0 Å². The lowest BCUT2D eigenvalue weighted by Gasteiger charge is -2.22. The number of pyridine rings is 1. The molecular formula is C21H25FN4O. The van der Waals surface area contributed by atoms with Gasteiger partial charge in [0, 0.05) is 51.9 Å². The minimum atomic E-state index is -0.166. The summed E-state index contributed by atoms with van der Waals surface area (Å²) in [6, 6.07) is 10.8. The van der Waals surface area contributed by atoms with Crippen molar-refractivity contribution in [1.82, 2.24) is 14.8 Å². The average molecular weight is 368 g/mol. The Hall–Kier alpha value is -2.47. The third kappa shape index (κ3) is 3.81. The minimum Gasteiger partial charge on any atom is -0.359 e. The van der Waals surface area contributed by atoms with E-state index in [1.807, 2.05) is 36.2 Å². The Kier molecular flexibility index (Phi) is 5.07. The first-order chi connectivity index (χ1) is 13.1. The van der Waals surface area contributed by atoms with Gasteiger partial charge in [0.2, 0.25) is 0 Å². The zero-order chi connectivity index (χ0) is 18.8. The maximum atomic E-state index is 13.9. The molecule has 0 saturated carbocycles. The molecule has 3 heterocycles. The first kappa shape index (κ1) is 17.9. The molecule has 0 unspecified atom stereocenters. The molecule has 2 aliphatic heterocycles. The van der Waals surface area contributed by atoms with Crippen molar-refractivity contribution in [2.75, 3.05) is 44.7 Å². The van der Waals surface area contributed by atoms with Crippen LogP contribution < -0.4 is 4.90 Å². The second-order valence-corrected chi connectivity index (χ2v) is 7.36. The number of likely N-dealkylation sites (N-methyl/N-ethyl adjacent to an activating group) is 1. The predicted molar refractivity (Wildman–Crippen MR) is 103 cm³/mol. The molecule has 2 aliphatic rings. The zero-order valence-electron chi connectivity index (χ0n) is 15.7. The van der Waals surface area contributed by atoms with Crippen LogP contribution in [0.5, 0.6) is 0 Å². The highest BCUT2D eigenvalue weighted by Gasteiger charge is 2.24. The molecule has 1 amide bonds. The zero-order valence-corrected chi connectivity index (χ0v) is 15.7. The lowest BCUT2D eigenvalue weighted by atomic mass is 10.2. The fourth-order valence-corrected chi connectivity index (χ4v) is 3.88. The summed E-state index contributed by atoms with van der Waals surface area (Å²) >= 11 is 0. The number of aromatic nitrogens is 1. The first-order valence-corrected chi connectivity index (χ1v) is 9.58. The van der Waals surface area contributed by atoms with Crippen LogP contribution in [0, 0.1) is 5.82 Å². The minimum absolute atomic E-state index is 0.00848. The summed E-state index contributed by atoms with van der Waals surface area (Å²) in [6.45, 7) is 4.48. The van der Waals surface area contributed by atoms with Crippen LogP contribution in [0.15, 0.2) is 36.4 Å². The number of amides is 1. The third-order valence-electron chi connectivity index (χ3n) is 5.48. The van der Waals surface area contributed by atoms with Crippen molar-refractivity contribution < 1.29 is 9.18 Å². The number of anilines is 1. The predicted octanol–water partition coefficient (Wildman–Crippen LogP) is 2.56. The second kappa shape index (κ2) is 7.64. The van der Waals surface area contributed by atoms with Gasteiger partial charge in [-0.3, -0.25) is 9.69 Å². The van der Waals surface area contributed by atoms with Crippen molar-refractivity contribution >= 4 is 11.7 Å². The van der Waals surface area contributed by atoms with Crippen LogP contribution in [0.2, 0.25) is 0 Å². The van der Waals surface area contributed by atoms with Gasteiger partial charge in [0.1, 0.15) is 17.3 Å². The maximum Gasteiger partial charge on any atom is 0.272 e. The van der Waals surface area contributed by atoms with Crippen LogP contribution in [0.4, 0.5) is 10.2 Å². The molecule has 0 spiro atoms. The molecular weight excluding hydrogens is 343 g/mol. The standard InChI is InChI=1S/C21H25FN4O/c1-24-12-9-16-7-8-19(23-20(16)24)21(27)26-11-4-10-25(13-14-26)15-17-5-2-3-6-18(17)22/h2-3,5-8H,4,9-15H2,1H3. The van der Waals surface area contributed by atoms with E-state index in [-0.39, 0.29) is 11.7 Å². The Morgan fingerprint density at radius 3 is 2.78 bits per heavy atom. The van der Waals surface area contributed by atoms with E-state index in [0.29, 0.717) is 30.9 Å². The maximum absolute atomic E-state index is 13.9. The van der Waals surface area contributed by atoms with Gasteiger partial charge in [-0.05, 0) is 30.5 Å². The van der Waals surface area contributed by atoms with Gasteiger partial charge < -0.3 is 9.80 Å². The molecule has 5 nitrogen and oxygen atoms in total. The van der Waals surface area contributed by atoms with Crippen molar-refractivity contribution in [1.29, 1.82) is 0 Å². The van der Waals surface area contributed by atoms with Gasteiger partial charge in [0.05, 0.1) is 0 Å². The Bertz CT molecular complexity index is 841. The van der Waals surface area contributed by atoms with Crippen molar-refractivity contribution in [3.63, 3.8) is 0 Å². The molecule has 1 fully saturated rings. The van der Waals surface area contributed by atoms with E-state index in [4.69, 9.17) is 0 Å². The summed E-state index contributed by atoms with van der Waals surface area (Å²) in [5.41, 5.74) is 2.44. The number of hydrogen-bond acceptors (Lipinski definition) is 4. The summed E-state index contributed by atoms with van der Waals surface area (Å²) in [5, 5.41) is 0. The van der Waals surface area contributed by atoms with Gasteiger partial charge in [-0.15, -0.1) is 0 Å². The Labute approximate surface area is 159 Å². The molecule has 0 bridgehead atoms. The third-order valence-corrected chi connectivity index (χ3v) is 5.48. The van der Waals surface area contributed by atoms with Crippen molar-refractivity contribution in [2.24, 2.45) is 0 Å². The van der Waals surface area contributed by atoms with Crippen molar-refractivity contribution in [3.05, 3.63) is 59.0 Å². The van der Waals surface area contributed by atoms with Gasteiger partial charge in [-0.1, -0.05) is 24.3 Å². The highest BCUT2D eigenvalue weighted by atomic mass is 19.1. The van der Waals surface area contributed by atoms with E-state index < -0.39 is 0 Å². The SMILES string of the molecule is CN1CCc2ccc(C(=O)N3CCCN(Cc4ccccc4F)CC3)nc21. The molecule has 142 valence electrons. The van der Waals surface area contributed by atoms with Crippen LogP contribution in [-0.2, 0) is 13.0 Å². The molecule has 2 aromatic rings. The summed E-state index contributed by atoms with van der Waals surface area (Å²) in [7, 11) is 2.01. The summed E-state index contributed by atoms with van der Waals surface area (Å²) in [6.07, 6.45) is 1.87. The fraction of sp³-hybridized carbons (Fsp3) is 0.429. The number of fused-ring (bicyclic) bond motifs is 1. The molecule has 4 rings (SSSR count). The van der Waals surface area contributed by atoms with E-state index in [2.05, 4.69) is 14.8 Å². The lowest BCUT2D eigenvalue weighted by Crippen LogP contribution is -2.35. The van der Waals surface area contributed by atoms with Gasteiger partial charge in [-0.25, -0.2) is 9.37 Å². The second-order valence-electron chi connectivity index (χ2n) is 7.36. The molecule has 27 heavy (non-hydrogen) atoms. The topological polar surface area (TPSA) is 39.7 Å². The average Bonchev–Trinajstić information content (AvgIpc) is 2.89. The van der Waals surface area contributed by atoms with Crippen LogP contribution in [-0.4, -0.2) is 60.5 Å². The largest absolute Gasteiger partial charge is 0.359 e. The Balaban J connectivity index is 1.41. The Morgan fingerprint density at radius 1 is 1.07 bits per heavy atom. The molecule has 0 N–H and O–H groups in total. The fourth-order valence-electron chi connectivity index (χ4n) is 3.88. The van der Waals surface area contributed by atoms with Crippen molar-refractivity contribution in [3.8, 4) is 0 Å². The molecule has 0 aliphatic carbocycles. The Morgan fingerprint density at radius 2 is 1.93 bits per heavy atom. The molecule has 1 aromatic carbocycles. The number of carbonyl (C=O) groups is 1. The normalized spacial score (nSPS) is 17.7. The van der Waals surface area contributed by atoms with E-state index in [9.17, 15) is 9.18 Å². The monoisotopic (exact) mass is 368 g/mol. The number of benzene rings is 1. The van der Waals surface area contributed by atoms with Crippen LogP contribution in [0.1, 0.15) is 28.0 Å². The molecule has 0 atom stereocenters. The lowest BCUT2D eigenvalue weighted by molar-refractivity contribution is 0.0755. The molecule has 6 heteroatoms. The van der Waals surface area contributed by atoms with Crippen molar-refractivity contribution in [2.45, 2.75) is 19.4 Å². The molecule has 1 saturated heterocycles. The van der Waals surface area contributed by atoms with Gasteiger partial charge in [0.25, 0.3) is 5.91 Å². The highest BCUT2D eigenvalue weighted by Crippen LogP contribution is 2.25. The van der Waals surface area contributed by atoms with E-state index in [1.165, 1.54) is 11.6 Å². The number of rotatable bonds is 3. The van der Waals surface area contributed by atoms with Crippen LogP contribution >= 0.6 is 0 Å². The number of halogens is 1. The van der Waals surface area contributed by atoms with Crippen LogP contribution in [0.25, 0.3) is 0 Å². The molecule has 0 radical (unpaired) electrons. The number of carbonyl (C=O) groups excluding carboxylic acids is 1. The van der Waals surface area contributed by atoms with Crippen LogP contribution in [0.3, 0.4) is 0 Å². The number of hydrogen-bond donors (Lipinski definition) is 0. The quantitative estimate of drug-likeness (QED) is 0.835. The van der Waals surface area contributed by atoms with Gasteiger partial charge in [0.15, 0.2) is 0 Å². The number of nitrogens with zero attached hydrogens (tertiary/aromatic N) is 4.